The van der Waals surface area contributed by atoms with Crippen LogP contribution in [-0.2, 0) is 4.74 Å². The quantitative estimate of drug-likeness (QED) is 0.515. The van der Waals surface area contributed by atoms with Gasteiger partial charge in [0.1, 0.15) is 12.4 Å². The minimum Gasteiger partial charge on any atom is -0.432 e. The van der Waals surface area contributed by atoms with Gasteiger partial charge in [-0.05, 0) is 49.1 Å². The number of benzene rings is 2. The summed E-state index contributed by atoms with van der Waals surface area (Å²) in [5.41, 5.74) is 3.17. The molecule has 0 aliphatic heterocycles. The topological polar surface area (TPSA) is 38.8 Å². The first kappa shape index (κ1) is 18.8. The third kappa shape index (κ3) is 5.52. The fraction of sp³-hybridized carbons (Fsp3) is 0.381. The van der Waals surface area contributed by atoms with Crippen LogP contribution in [0.5, 0.6) is 5.75 Å². The zero-order valence-corrected chi connectivity index (χ0v) is 15.5. The summed E-state index contributed by atoms with van der Waals surface area (Å²) in [5, 5.41) is 0. The van der Waals surface area contributed by atoms with Gasteiger partial charge in [-0.25, -0.2) is 4.79 Å². The van der Waals surface area contributed by atoms with Gasteiger partial charge < -0.3 is 14.4 Å². The van der Waals surface area contributed by atoms with Crippen LogP contribution in [0.15, 0.2) is 48.5 Å². The number of ether oxygens (including phenoxy) is 2. The van der Waals surface area contributed by atoms with Crippen molar-refractivity contribution in [1.29, 1.82) is 0 Å². The van der Waals surface area contributed by atoms with E-state index in [9.17, 15) is 4.79 Å². The first-order chi connectivity index (χ1) is 12.0. The highest BCUT2D eigenvalue weighted by Crippen LogP contribution is 2.27. The molecule has 0 atom stereocenters. The summed E-state index contributed by atoms with van der Waals surface area (Å²) in [4.78, 5) is 14.2. The van der Waals surface area contributed by atoms with Crippen molar-refractivity contribution >= 4 is 11.8 Å². The second-order valence-corrected chi connectivity index (χ2v) is 6.31. The number of aryl methyl sites for hydroxylation is 1. The van der Waals surface area contributed by atoms with E-state index < -0.39 is 6.16 Å². The van der Waals surface area contributed by atoms with E-state index in [0.29, 0.717) is 12.3 Å². The highest BCUT2D eigenvalue weighted by molar-refractivity contribution is 5.65. The molecule has 0 fully saturated rings. The first-order valence-electron chi connectivity index (χ1n) is 8.76. The zero-order chi connectivity index (χ0) is 18.2. The monoisotopic (exact) mass is 341 g/mol. The molecule has 0 aromatic heterocycles. The highest BCUT2D eigenvalue weighted by atomic mass is 16.7. The number of carbonyl (C=O) groups excluding carboxylic acids is 1. The van der Waals surface area contributed by atoms with Crippen LogP contribution < -0.4 is 9.64 Å². The second kappa shape index (κ2) is 9.11. The van der Waals surface area contributed by atoms with Gasteiger partial charge in [-0.3, -0.25) is 0 Å². The summed E-state index contributed by atoms with van der Waals surface area (Å²) in [6, 6.07) is 16.0. The maximum atomic E-state index is 12.0. The Bertz CT molecular complexity index is 683. The number of hydrogen-bond acceptors (Lipinski definition) is 4. The smallest absolute Gasteiger partial charge is 0.432 e. The van der Waals surface area contributed by atoms with Gasteiger partial charge in [0.2, 0.25) is 0 Å². The Morgan fingerprint density at radius 2 is 1.84 bits per heavy atom. The molecule has 0 amide bonds. The van der Waals surface area contributed by atoms with E-state index >= 15 is 0 Å². The van der Waals surface area contributed by atoms with Crippen LogP contribution in [0.3, 0.4) is 0 Å². The van der Waals surface area contributed by atoms with Gasteiger partial charge in [-0.1, -0.05) is 44.2 Å². The standard InChI is InChI=1S/C21H27NO3/c1-5-22(18-9-7-6-8-10-18)13-14-24-21(23)25-20-15-17(4)11-12-19(20)16(2)3/h6-12,15-16H,5,13-14H2,1-4H3. The molecule has 0 aliphatic carbocycles. The number of likely N-dealkylation sites (N-methyl/N-ethyl adjacent to an activating group) is 1. The van der Waals surface area contributed by atoms with Crippen molar-refractivity contribution in [1.82, 2.24) is 0 Å². The molecule has 0 saturated carbocycles. The van der Waals surface area contributed by atoms with Crippen molar-refractivity contribution in [3.63, 3.8) is 0 Å². The molecule has 0 bridgehead atoms. The van der Waals surface area contributed by atoms with Gasteiger partial charge in [-0.2, -0.15) is 0 Å². The average molecular weight is 341 g/mol. The summed E-state index contributed by atoms with van der Waals surface area (Å²) >= 11 is 0. The number of rotatable bonds is 7. The second-order valence-electron chi connectivity index (χ2n) is 6.31. The van der Waals surface area contributed by atoms with Crippen molar-refractivity contribution in [2.24, 2.45) is 0 Å². The molecule has 2 aromatic carbocycles. The van der Waals surface area contributed by atoms with Crippen LogP contribution >= 0.6 is 0 Å². The first-order valence-corrected chi connectivity index (χ1v) is 8.76. The minimum atomic E-state index is -0.656. The lowest BCUT2D eigenvalue weighted by Crippen LogP contribution is -2.28. The van der Waals surface area contributed by atoms with Crippen molar-refractivity contribution in [2.75, 3.05) is 24.6 Å². The van der Waals surface area contributed by atoms with Crippen LogP contribution in [0.2, 0.25) is 0 Å². The van der Waals surface area contributed by atoms with Gasteiger partial charge >= 0.3 is 6.16 Å². The van der Waals surface area contributed by atoms with Gasteiger partial charge in [0, 0.05) is 12.2 Å². The Hall–Kier alpha value is -2.49. The van der Waals surface area contributed by atoms with Crippen LogP contribution in [0.4, 0.5) is 10.5 Å². The van der Waals surface area contributed by atoms with Crippen LogP contribution in [-0.4, -0.2) is 25.9 Å². The average Bonchev–Trinajstić information content (AvgIpc) is 2.59. The summed E-state index contributed by atoms with van der Waals surface area (Å²) in [5.74, 6) is 0.854. The lowest BCUT2D eigenvalue weighted by atomic mass is 10.0. The minimum absolute atomic E-state index is 0.275. The molecular weight excluding hydrogens is 314 g/mol. The molecule has 0 N–H and O–H groups in total. The molecule has 2 aromatic rings. The van der Waals surface area contributed by atoms with Gasteiger partial charge in [0.25, 0.3) is 0 Å². The normalized spacial score (nSPS) is 10.6. The molecule has 134 valence electrons. The predicted octanol–water partition coefficient (Wildman–Crippen LogP) is 5.16. The zero-order valence-electron chi connectivity index (χ0n) is 15.5. The molecule has 4 nitrogen and oxygen atoms in total. The van der Waals surface area contributed by atoms with Crippen LogP contribution in [0, 0.1) is 6.92 Å². The SMILES string of the molecule is CCN(CCOC(=O)Oc1cc(C)ccc1C(C)C)c1ccccc1. The van der Waals surface area contributed by atoms with E-state index in [-0.39, 0.29) is 12.5 Å². The predicted molar refractivity (Wildman–Crippen MR) is 102 cm³/mol. The summed E-state index contributed by atoms with van der Waals surface area (Å²) < 4.78 is 10.7. The number of nitrogens with zero attached hydrogens (tertiary/aromatic N) is 1. The maximum Gasteiger partial charge on any atom is 0.513 e. The van der Waals surface area contributed by atoms with E-state index in [0.717, 1.165) is 23.4 Å². The van der Waals surface area contributed by atoms with E-state index in [2.05, 4.69) is 25.7 Å². The van der Waals surface area contributed by atoms with Gasteiger partial charge in [0.15, 0.2) is 0 Å². The molecule has 0 heterocycles. The number of para-hydroxylation sites is 1. The highest BCUT2D eigenvalue weighted by Gasteiger charge is 2.14. The fourth-order valence-electron chi connectivity index (χ4n) is 2.67. The van der Waals surface area contributed by atoms with Crippen molar-refractivity contribution in [3.8, 4) is 5.75 Å². The van der Waals surface area contributed by atoms with Gasteiger partial charge in [0.05, 0.1) is 6.54 Å². The number of hydrogen-bond donors (Lipinski definition) is 0. The largest absolute Gasteiger partial charge is 0.513 e. The number of carbonyl (C=O) groups is 1. The Kier molecular flexibility index (Phi) is 6.87. The molecule has 25 heavy (non-hydrogen) atoms. The third-order valence-electron chi connectivity index (χ3n) is 4.07. The Morgan fingerprint density at radius 1 is 1.12 bits per heavy atom. The van der Waals surface area contributed by atoms with E-state index in [1.165, 1.54) is 0 Å². The van der Waals surface area contributed by atoms with Crippen molar-refractivity contribution < 1.29 is 14.3 Å². The molecule has 4 heteroatoms. The molecule has 0 spiro atoms. The molecule has 0 saturated heterocycles. The van der Waals surface area contributed by atoms with Crippen molar-refractivity contribution in [2.45, 2.75) is 33.6 Å². The summed E-state index contributed by atoms with van der Waals surface area (Å²) in [6.07, 6.45) is -0.656. The Balaban J connectivity index is 1.90. The van der Waals surface area contributed by atoms with E-state index in [4.69, 9.17) is 9.47 Å². The molecule has 0 radical (unpaired) electrons. The fourth-order valence-corrected chi connectivity index (χ4v) is 2.67. The van der Waals surface area contributed by atoms with Crippen molar-refractivity contribution in [3.05, 3.63) is 59.7 Å². The lowest BCUT2D eigenvalue weighted by Gasteiger charge is -2.22. The maximum absolute atomic E-state index is 12.0. The van der Waals surface area contributed by atoms with Crippen LogP contribution in [0.25, 0.3) is 0 Å². The van der Waals surface area contributed by atoms with Gasteiger partial charge in [-0.15, -0.1) is 0 Å². The summed E-state index contributed by atoms with van der Waals surface area (Å²) in [7, 11) is 0. The molecule has 0 aliphatic rings. The van der Waals surface area contributed by atoms with Crippen LogP contribution in [0.1, 0.15) is 37.8 Å². The van der Waals surface area contributed by atoms with E-state index in [1.54, 1.807) is 0 Å². The lowest BCUT2D eigenvalue weighted by molar-refractivity contribution is 0.101. The Labute approximate surface area is 150 Å². The van der Waals surface area contributed by atoms with E-state index in [1.807, 2.05) is 55.5 Å². The number of anilines is 1. The third-order valence-corrected chi connectivity index (χ3v) is 4.07. The molecule has 0 unspecified atom stereocenters. The molecule has 2 rings (SSSR count). The Morgan fingerprint density at radius 3 is 2.48 bits per heavy atom. The summed E-state index contributed by atoms with van der Waals surface area (Å²) in [6.45, 7) is 9.95. The molecular formula is C21H27NO3.